The van der Waals surface area contributed by atoms with Crippen LogP contribution in [0.2, 0.25) is 0 Å². The van der Waals surface area contributed by atoms with E-state index < -0.39 is 12.1 Å². The van der Waals surface area contributed by atoms with Gasteiger partial charge in [-0.15, -0.1) is 0 Å². The van der Waals surface area contributed by atoms with Crippen LogP contribution in [-0.4, -0.2) is 50.7 Å². The number of hydrogen-bond acceptors (Lipinski definition) is 4. The van der Waals surface area contributed by atoms with Crippen molar-refractivity contribution >= 4 is 7.85 Å². The highest BCUT2D eigenvalue weighted by Gasteiger charge is 2.43. The van der Waals surface area contributed by atoms with E-state index in [9.17, 15) is 5.11 Å². The number of aliphatic hydroxyl groups excluding tert-OH is 1. The lowest BCUT2D eigenvalue weighted by Gasteiger charge is -2.25. The lowest BCUT2D eigenvalue weighted by molar-refractivity contribution is -0.187. The van der Waals surface area contributed by atoms with Gasteiger partial charge in [0, 0.05) is 6.00 Å². The second-order valence-corrected chi connectivity index (χ2v) is 2.75. The quantitative estimate of drug-likeness (QED) is 0.439. The summed E-state index contributed by atoms with van der Waals surface area (Å²) in [4.78, 5) is 0. The molecule has 1 unspecified atom stereocenters. The molecule has 2 fully saturated rings. The van der Waals surface area contributed by atoms with Crippen LogP contribution >= 0.6 is 0 Å². The molecule has 0 aromatic rings. The minimum absolute atomic E-state index is 0.200. The molecule has 4 nitrogen and oxygen atoms in total. The van der Waals surface area contributed by atoms with E-state index >= 15 is 0 Å². The molecule has 2 saturated heterocycles. The fraction of sp³-hybridized carbons (Fsp3) is 1.00. The molecule has 5 heteroatoms. The van der Waals surface area contributed by atoms with Gasteiger partial charge in [-0.1, -0.05) is 0 Å². The van der Waals surface area contributed by atoms with Gasteiger partial charge in [0.15, 0.2) is 0 Å². The fourth-order valence-corrected chi connectivity index (χ4v) is 1.40. The van der Waals surface area contributed by atoms with E-state index in [2.05, 4.69) is 0 Å². The van der Waals surface area contributed by atoms with Crippen molar-refractivity contribution in [2.24, 2.45) is 0 Å². The molecule has 2 aliphatic rings. The minimum atomic E-state index is -0.719. The summed E-state index contributed by atoms with van der Waals surface area (Å²) in [5.74, 6) is 0. The lowest BCUT2D eigenvalue weighted by Crippen LogP contribution is -2.41. The van der Waals surface area contributed by atoms with Gasteiger partial charge in [-0.3, -0.25) is 0 Å². The summed E-state index contributed by atoms with van der Waals surface area (Å²) in [6, 6.07) is -0.633. The van der Waals surface area contributed by atoms with Crippen LogP contribution in [0.1, 0.15) is 0 Å². The fourth-order valence-electron chi connectivity index (χ4n) is 1.40. The largest absolute Gasteiger partial charge is 0.388 e. The Kier molecular flexibility index (Phi) is 1.89. The molecule has 4 atom stereocenters. The van der Waals surface area contributed by atoms with Crippen LogP contribution < -0.4 is 0 Å². The van der Waals surface area contributed by atoms with Crippen LogP contribution in [0.15, 0.2) is 0 Å². The Balaban J connectivity index is 2.05. The van der Waals surface area contributed by atoms with Gasteiger partial charge in [-0.25, -0.2) is 0 Å². The Morgan fingerprint density at radius 1 is 1.45 bits per heavy atom. The molecule has 0 aliphatic carbocycles. The van der Waals surface area contributed by atoms with E-state index in [0.717, 1.165) is 0 Å². The highest BCUT2D eigenvalue weighted by atomic mass is 16.7. The van der Waals surface area contributed by atoms with Crippen molar-refractivity contribution < 1.29 is 19.3 Å². The Bertz CT molecular complexity index is 154. The molecular weight excluding hydrogens is 147 g/mol. The summed E-state index contributed by atoms with van der Waals surface area (Å²) >= 11 is 0. The van der Waals surface area contributed by atoms with Crippen molar-refractivity contribution in [3.63, 3.8) is 0 Å². The van der Waals surface area contributed by atoms with E-state index in [4.69, 9.17) is 22.1 Å². The van der Waals surface area contributed by atoms with Gasteiger partial charge < -0.3 is 19.3 Å². The number of hydrogen-bond donors (Lipinski definition) is 1. The van der Waals surface area contributed by atoms with Gasteiger partial charge in [0.25, 0.3) is 0 Å². The number of aliphatic hydroxyl groups is 1. The molecule has 0 aromatic carbocycles. The monoisotopic (exact) mass is 156 g/mol. The third-order valence-electron chi connectivity index (χ3n) is 2.00. The summed E-state index contributed by atoms with van der Waals surface area (Å²) in [7, 11) is 5.43. The zero-order valence-corrected chi connectivity index (χ0v) is 5.97. The topological polar surface area (TPSA) is 47.9 Å². The van der Waals surface area contributed by atoms with Crippen LogP contribution in [0, 0.1) is 0 Å². The van der Waals surface area contributed by atoms with Crippen LogP contribution in [0.5, 0.6) is 0 Å². The first-order chi connectivity index (χ1) is 5.29. The predicted molar refractivity (Wildman–Crippen MR) is 36.1 cm³/mol. The lowest BCUT2D eigenvalue weighted by atomic mass is 9.93. The molecule has 11 heavy (non-hydrogen) atoms. The predicted octanol–water partition coefficient (Wildman–Crippen LogP) is -1.39. The Morgan fingerprint density at radius 2 is 2.27 bits per heavy atom. The van der Waals surface area contributed by atoms with Gasteiger partial charge in [0.1, 0.15) is 33.0 Å². The molecule has 0 amide bonds. The Hall–Kier alpha value is -0.0951. The summed E-state index contributed by atoms with van der Waals surface area (Å²) in [5, 5.41) is 9.36. The number of rotatable bonds is 0. The second-order valence-electron chi connectivity index (χ2n) is 2.75. The highest BCUT2D eigenvalue weighted by Crippen LogP contribution is 2.24. The average Bonchev–Trinajstić information content (AvgIpc) is 2.30. The molecule has 0 spiro atoms. The van der Waals surface area contributed by atoms with E-state index in [0.29, 0.717) is 6.61 Å². The van der Waals surface area contributed by atoms with Gasteiger partial charge in [0.05, 0.1) is 6.61 Å². The molecule has 0 aromatic heterocycles. The summed E-state index contributed by atoms with van der Waals surface area (Å²) in [6.07, 6.45) is -1.23. The maximum atomic E-state index is 9.36. The third kappa shape index (κ3) is 1.18. The summed E-state index contributed by atoms with van der Waals surface area (Å²) in [6.45, 7) is 0.670. The SMILES string of the molecule is [B][C@@H]1O[C@@H]2COCOC2[C@@H]1O. The molecule has 0 saturated carbocycles. The van der Waals surface area contributed by atoms with Crippen molar-refractivity contribution in [2.45, 2.75) is 24.3 Å². The second kappa shape index (κ2) is 2.75. The van der Waals surface area contributed by atoms with Gasteiger partial charge in [0.2, 0.25) is 0 Å². The highest BCUT2D eigenvalue weighted by molar-refractivity contribution is 6.11. The number of ether oxygens (including phenoxy) is 3. The summed E-state index contributed by atoms with van der Waals surface area (Å²) in [5.41, 5.74) is 0. The molecule has 2 rings (SSSR count). The maximum absolute atomic E-state index is 9.36. The average molecular weight is 156 g/mol. The van der Waals surface area contributed by atoms with Crippen molar-refractivity contribution in [1.29, 1.82) is 0 Å². The van der Waals surface area contributed by atoms with Crippen molar-refractivity contribution in [1.82, 2.24) is 0 Å². The first-order valence-electron chi connectivity index (χ1n) is 3.57. The third-order valence-corrected chi connectivity index (χ3v) is 2.00. The van der Waals surface area contributed by atoms with Gasteiger partial charge in [-0.05, 0) is 0 Å². The van der Waals surface area contributed by atoms with E-state index in [1.165, 1.54) is 0 Å². The smallest absolute Gasteiger partial charge is 0.147 e. The molecule has 0 bridgehead atoms. The zero-order valence-electron chi connectivity index (χ0n) is 5.97. The van der Waals surface area contributed by atoms with Crippen molar-refractivity contribution in [3.05, 3.63) is 0 Å². The molecular formula is C6H9BO4. The normalized spacial score (nSPS) is 50.6. The molecule has 60 valence electrons. The molecule has 2 aliphatic heterocycles. The zero-order chi connectivity index (χ0) is 7.84. The standard InChI is InChI=1S/C6H9BO4/c7-6-4(8)5-3(11-6)1-9-2-10-5/h3-6,8H,1-2H2/t3-,4+,5?,6-/m1/s1. The van der Waals surface area contributed by atoms with Crippen LogP contribution in [-0.2, 0) is 14.2 Å². The molecule has 1 N–H and O–H groups in total. The van der Waals surface area contributed by atoms with Crippen LogP contribution in [0.4, 0.5) is 0 Å². The Morgan fingerprint density at radius 3 is 3.00 bits per heavy atom. The van der Waals surface area contributed by atoms with E-state index in [1.54, 1.807) is 0 Å². The number of fused-ring (bicyclic) bond motifs is 1. The van der Waals surface area contributed by atoms with E-state index in [1.807, 2.05) is 0 Å². The minimum Gasteiger partial charge on any atom is -0.388 e. The summed E-state index contributed by atoms with van der Waals surface area (Å²) < 4.78 is 15.2. The van der Waals surface area contributed by atoms with Crippen LogP contribution in [0.25, 0.3) is 0 Å². The maximum Gasteiger partial charge on any atom is 0.147 e. The molecule has 2 heterocycles. The van der Waals surface area contributed by atoms with Crippen molar-refractivity contribution in [2.75, 3.05) is 13.4 Å². The van der Waals surface area contributed by atoms with Gasteiger partial charge >= 0.3 is 0 Å². The first kappa shape index (κ1) is 7.55. The first-order valence-corrected chi connectivity index (χ1v) is 3.57. The van der Waals surface area contributed by atoms with Crippen molar-refractivity contribution in [3.8, 4) is 0 Å². The van der Waals surface area contributed by atoms with E-state index in [-0.39, 0.29) is 19.0 Å². The Labute approximate surface area is 65.8 Å². The van der Waals surface area contributed by atoms with Crippen LogP contribution in [0.3, 0.4) is 0 Å². The van der Waals surface area contributed by atoms with Gasteiger partial charge in [-0.2, -0.15) is 0 Å². The molecule has 2 radical (unpaired) electrons.